The van der Waals surface area contributed by atoms with Gasteiger partial charge in [0.1, 0.15) is 5.58 Å². The summed E-state index contributed by atoms with van der Waals surface area (Å²) in [4.78, 5) is 12.2. The van der Waals surface area contributed by atoms with Crippen LogP contribution in [0.1, 0.15) is 43.6 Å². The van der Waals surface area contributed by atoms with E-state index in [1.165, 1.54) is 37.5 Å². The van der Waals surface area contributed by atoms with Gasteiger partial charge in [0.2, 0.25) is 0 Å². The van der Waals surface area contributed by atoms with Gasteiger partial charge in [-0.2, -0.15) is 0 Å². The maximum Gasteiger partial charge on any atom is 0.364 e. The van der Waals surface area contributed by atoms with E-state index < -0.39 is 27.1 Å². The van der Waals surface area contributed by atoms with Crippen molar-refractivity contribution in [2.75, 3.05) is 4.72 Å². The molecule has 0 bridgehead atoms. The molecule has 0 amide bonds. The summed E-state index contributed by atoms with van der Waals surface area (Å²) in [5.41, 5.74) is -0.120. The molecule has 0 saturated heterocycles. The SMILES string of the molecule is O=c1oc2ccccc2c(O)c1NS(=O)(=O)c1ccc(C2CCCCC2)cc1. The maximum absolute atomic E-state index is 12.7. The number of hydrogen-bond donors (Lipinski definition) is 2. The van der Waals surface area contributed by atoms with Crippen molar-refractivity contribution in [1.29, 1.82) is 0 Å². The Kier molecular flexibility index (Phi) is 4.85. The van der Waals surface area contributed by atoms with Crippen LogP contribution in [0.3, 0.4) is 0 Å². The Bertz CT molecular complexity index is 1160. The molecule has 28 heavy (non-hydrogen) atoms. The van der Waals surface area contributed by atoms with Gasteiger partial charge >= 0.3 is 5.63 Å². The summed E-state index contributed by atoms with van der Waals surface area (Å²) < 4.78 is 32.7. The lowest BCUT2D eigenvalue weighted by molar-refractivity contribution is 0.443. The van der Waals surface area contributed by atoms with Gasteiger partial charge < -0.3 is 9.52 Å². The Hall–Kier alpha value is -2.80. The van der Waals surface area contributed by atoms with E-state index in [2.05, 4.69) is 4.72 Å². The summed E-state index contributed by atoms with van der Waals surface area (Å²) in [6, 6.07) is 13.1. The topological polar surface area (TPSA) is 96.6 Å². The number of nitrogens with one attached hydrogen (secondary N) is 1. The monoisotopic (exact) mass is 399 g/mol. The smallest absolute Gasteiger partial charge is 0.364 e. The molecule has 1 aromatic heterocycles. The minimum atomic E-state index is -4.04. The van der Waals surface area contributed by atoms with Crippen LogP contribution in [0.5, 0.6) is 5.75 Å². The number of rotatable bonds is 4. The minimum absolute atomic E-state index is 0.0269. The third kappa shape index (κ3) is 3.49. The van der Waals surface area contributed by atoms with Crippen molar-refractivity contribution in [2.24, 2.45) is 0 Å². The Morgan fingerprint density at radius 3 is 2.36 bits per heavy atom. The summed E-state index contributed by atoms with van der Waals surface area (Å²) in [5, 5.41) is 10.6. The number of anilines is 1. The molecule has 0 radical (unpaired) electrons. The van der Waals surface area contributed by atoms with Crippen LogP contribution in [0.4, 0.5) is 5.69 Å². The van der Waals surface area contributed by atoms with E-state index in [0.717, 1.165) is 18.4 Å². The average Bonchev–Trinajstić information content (AvgIpc) is 2.72. The molecule has 2 aromatic carbocycles. The molecule has 4 rings (SSSR count). The highest BCUT2D eigenvalue weighted by molar-refractivity contribution is 7.92. The van der Waals surface area contributed by atoms with E-state index >= 15 is 0 Å². The first-order valence-electron chi connectivity index (χ1n) is 9.33. The number of aromatic hydroxyl groups is 1. The highest BCUT2D eigenvalue weighted by Crippen LogP contribution is 2.34. The molecule has 7 heteroatoms. The summed E-state index contributed by atoms with van der Waals surface area (Å²) in [5.74, 6) is 0.0179. The maximum atomic E-state index is 12.7. The predicted molar refractivity (Wildman–Crippen MR) is 107 cm³/mol. The van der Waals surface area contributed by atoms with Crippen molar-refractivity contribution in [3.63, 3.8) is 0 Å². The lowest BCUT2D eigenvalue weighted by Crippen LogP contribution is -2.18. The van der Waals surface area contributed by atoms with Gasteiger partial charge in [-0.3, -0.25) is 4.72 Å². The Morgan fingerprint density at radius 2 is 1.64 bits per heavy atom. The highest BCUT2D eigenvalue weighted by Gasteiger charge is 2.22. The Labute approximate surface area is 162 Å². The molecule has 0 unspecified atom stereocenters. The molecule has 1 aliphatic rings. The number of para-hydroxylation sites is 1. The van der Waals surface area contributed by atoms with Gasteiger partial charge in [0.05, 0.1) is 10.3 Å². The van der Waals surface area contributed by atoms with Crippen LogP contribution < -0.4 is 10.3 Å². The first-order valence-corrected chi connectivity index (χ1v) is 10.8. The molecule has 0 spiro atoms. The first-order chi connectivity index (χ1) is 13.5. The Morgan fingerprint density at radius 1 is 0.964 bits per heavy atom. The van der Waals surface area contributed by atoms with Crippen molar-refractivity contribution in [3.05, 3.63) is 64.5 Å². The second-order valence-corrected chi connectivity index (χ2v) is 8.80. The molecule has 1 heterocycles. The lowest BCUT2D eigenvalue weighted by Gasteiger charge is -2.22. The second-order valence-electron chi connectivity index (χ2n) is 7.12. The summed E-state index contributed by atoms with van der Waals surface area (Å²) in [7, 11) is -4.04. The molecule has 0 aliphatic heterocycles. The fraction of sp³-hybridized carbons (Fsp3) is 0.286. The van der Waals surface area contributed by atoms with E-state index in [1.807, 2.05) is 12.1 Å². The van der Waals surface area contributed by atoms with Gasteiger partial charge in [-0.05, 0) is 48.6 Å². The van der Waals surface area contributed by atoms with Gasteiger partial charge in [0.25, 0.3) is 10.0 Å². The van der Waals surface area contributed by atoms with E-state index in [-0.39, 0.29) is 15.9 Å². The van der Waals surface area contributed by atoms with Crippen LogP contribution in [0.25, 0.3) is 11.0 Å². The summed E-state index contributed by atoms with van der Waals surface area (Å²) in [6.45, 7) is 0. The third-order valence-electron chi connectivity index (χ3n) is 5.29. The molecule has 0 atom stereocenters. The first kappa shape index (κ1) is 18.6. The van der Waals surface area contributed by atoms with Crippen molar-refractivity contribution in [2.45, 2.75) is 42.9 Å². The number of fused-ring (bicyclic) bond motifs is 1. The molecular weight excluding hydrogens is 378 g/mol. The molecule has 146 valence electrons. The number of hydrogen-bond acceptors (Lipinski definition) is 5. The third-order valence-corrected chi connectivity index (χ3v) is 6.65. The average molecular weight is 399 g/mol. The zero-order valence-corrected chi connectivity index (χ0v) is 16.0. The highest BCUT2D eigenvalue weighted by atomic mass is 32.2. The van der Waals surface area contributed by atoms with Gasteiger partial charge in [-0.1, -0.05) is 43.5 Å². The van der Waals surface area contributed by atoms with Gasteiger partial charge in [-0.25, -0.2) is 13.2 Å². The van der Waals surface area contributed by atoms with Gasteiger partial charge in [-0.15, -0.1) is 0 Å². The number of benzene rings is 2. The quantitative estimate of drug-likeness (QED) is 0.636. The van der Waals surface area contributed by atoms with Gasteiger partial charge in [0, 0.05) is 0 Å². The van der Waals surface area contributed by atoms with Crippen LogP contribution in [0.15, 0.2) is 62.6 Å². The van der Waals surface area contributed by atoms with Crippen LogP contribution in [0.2, 0.25) is 0 Å². The largest absolute Gasteiger partial charge is 0.505 e. The molecule has 1 aliphatic carbocycles. The molecule has 1 fully saturated rings. The van der Waals surface area contributed by atoms with E-state index in [4.69, 9.17) is 4.42 Å². The second kappa shape index (κ2) is 7.31. The zero-order valence-electron chi connectivity index (χ0n) is 15.2. The van der Waals surface area contributed by atoms with Gasteiger partial charge in [0.15, 0.2) is 11.4 Å². The van der Waals surface area contributed by atoms with Crippen LogP contribution in [-0.4, -0.2) is 13.5 Å². The number of sulfonamides is 1. The molecule has 1 saturated carbocycles. The normalized spacial score (nSPS) is 15.6. The van der Waals surface area contributed by atoms with Crippen molar-refractivity contribution < 1.29 is 17.9 Å². The predicted octanol–water partition coefficient (Wildman–Crippen LogP) is 4.35. The van der Waals surface area contributed by atoms with Crippen LogP contribution >= 0.6 is 0 Å². The standard InChI is InChI=1S/C21H21NO5S/c23-20-17-8-4-5-9-18(17)27-21(24)19(20)22-28(25,26)16-12-10-15(11-13-16)14-6-2-1-3-7-14/h4-5,8-14,22-23H,1-3,6-7H2. The van der Waals surface area contributed by atoms with E-state index in [1.54, 1.807) is 18.2 Å². The molecular formula is C21H21NO5S. The minimum Gasteiger partial charge on any atom is -0.505 e. The van der Waals surface area contributed by atoms with Crippen molar-refractivity contribution in [3.8, 4) is 5.75 Å². The zero-order chi connectivity index (χ0) is 19.7. The van der Waals surface area contributed by atoms with Crippen molar-refractivity contribution in [1.82, 2.24) is 0 Å². The fourth-order valence-corrected chi connectivity index (χ4v) is 4.83. The van der Waals surface area contributed by atoms with E-state index in [9.17, 15) is 18.3 Å². The molecule has 3 aromatic rings. The van der Waals surface area contributed by atoms with Crippen molar-refractivity contribution >= 4 is 26.7 Å². The summed E-state index contributed by atoms with van der Waals surface area (Å²) in [6.07, 6.45) is 5.89. The molecule has 2 N–H and O–H groups in total. The van der Waals surface area contributed by atoms with E-state index in [0.29, 0.717) is 5.92 Å². The van der Waals surface area contributed by atoms with Crippen LogP contribution in [-0.2, 0) is 10.0 Å². The Balaban J connectivity index is 1.64. The van der Waals surface area contributed by atoms with Crippen LogP contribution in [0, 0.1) is 0 Å². The fourth-order valence-electron chi connectivity index (χ4n) is 3.77. The summed E-state index contributed by atoms with van der Waals surface area (Å²) >= 11 is 0. The molecule has 6 nitrogen and oxygen atoms in total. The lowest BCUT2D eigenvalue weighted by atomic mass is 9.84.